The van der Waals surface area contributed by atoms with Gasteiger partial charge in [-0.3, -0.25) is 14.7 Å². The van der Waals surface area contributed by atoms with Crippen LogP contribution < -0.4 is 5.32 Å². The number of oxazole rings is 1. The third-order valence-corrected chi connectivity index (χ3v) is 5.66. The molecular weight excluding hydrogens is 469 g/mol. The summed E-state index contributed by atoms with van der Waals surface area (Å²) in [5.41, 5.74) is 2.95. The summed E-state index contributed by atoms with van der Waals surface area (Å²) in [5.74, 6) is -0.0882. The molecule has 0 fully saturated rings. The molecule has 2 aromatic heterocycles. The van der Waals surface area contributed by atoms with Crippen LogP contribution in [0.25, 0.3) is 0 Å². The van der Waals surface area contributed by atoms with Gasteiger partial charge in [0.1, 0.15) is 6.26 Å². The maximum Gasteiger partial charge on any atom is 0.416 e. The smallest absolute Gasteiger partial charge is 0.416 e. The second kappa shape index (κ2) is 11.2. The number of alkyl halides is 3. The zero-order valence-electron chi connectivity index (χ0n) is 19.6. The Balaban J connectivity index is 1.49. The van der Waals surface area contributed by atoms with Gasteiger partial charge in [0.15, 0.2) is 5.69 Å². The summed E-state index contributed by atoms with van der Waals surface area (Å²) >= 11 is 0. The van der Waals surface area contributed by atoms with E-state index in [9.17, 15) is 18.0 Å². The molecule has 0 radical (unpaired) electrons. The molecule has 2 heterocycles. The van der Waals surface area contributed by atoms with Crippen LogP contribution in [0.5, 0.6) is 0 Å². The normalized spacial score (nSPS) is 11.6. The fourth-order valence-electron chi connectivity index (χ4n) is 3.75. The van der Waals surface area contributed by atoms with Crippen LogP contribution in [0.2, 0.25) is 0 Å². The molecule has 4 aromatic rings. The first-order chi connectivity index (χ1) is 17.3. The van der Waals surface area contributed by atoms with Crippen LogP contribution in [0.4, 0.5) is 13.2 Å². The van der Waals surface area contributed by atoms with E-state index in [1.54, 1.807) is 30.6 Å². The van der Waals surface area contributed by atoms with Crippen LogP contribution >= 0.6 is 0 Å². The third kappa shape index (κ3) is 6.79. The van der Waals surface area contributed by atoms with Gasteiger partial charge in [-0.25, -0.2) is 4.98 Å². The summed E-state index contributed by atoms with van der Waals surface area (Å²) in [6, 6.07) is 16.7. The maximum absolute atomic E-state index is 13.2. The van der Waals surface area contributed by atoms with Gasteiger partial charge < -0.3 is 9.73 Å². The van der Waals surface area contributed by atoms with Crippen LogP contribution in [-0.2, 0) is 32.4 Å². The topological polar surface area (TPSA) is 71.3 Å². The first-order valence-electron chi connectivity index (χ1n) is 11.3. The van der Waals surface area contributed by atoms with Crippen molar-refractivity contribution in [3.8, 4) is 0 Å². The van der Waals surface area contributed by atoms with Gasteiger partial charge >= 0.3 is 6.18 Å². The van der Waals surface area contributed by atoms with Crippen LogP contribution in [-0.4, -0.2) is 20.8 Å². The van der Waals surface area contributed by atoms with Crippen molar-refractivity contribution in [2.45, 2.75) is 39.3 Å². The SMILES string of the molecule is Cc1ccccc1CN(Cc1cccc(C(F)(F)F)c1)Cc1nc(C(=O)NCc2ccncc2)co1. The number of hydrogen-bond acceptors (Lipinski definition) is 5. The lowest BCUT2D eigenvalue weighted by atomic mass is 10.1. The van der Waals surface area contributed by atoms with Gasteiger partial charge in [-0.15, -0.1) is 0 Å². The number of benzene rings is 2. The summed E-state index contributed by atoms with van der Waals surface area (Å²) in [4.78, 5) is 22.7. The van der Waals surface area contributed by atoms with E-state index in [0.29, 0.717) is 24.5 Å². The zero-order valence-corrected chi connectivity index (χ0v) is 19.6. The molecule has 0 bridgehead atoms. The average molecular weight is 495 g/mol. The van der Waals surface area contributed by atoms with E-state index < -0.39 is 11.7 Å². The molecule has 2 aromatic carbocycles. The van der Waals surface area contributed by atoms with Gasteiger partial charge in [-0.05, 0) is 47.4 Å². The van der Waals surface area contributed by atoms with Crippen molar-refractivity contribution < 1.29 is 22.4 Å². The lowest BCUT2D eigenvalue weighted by Crippen LogP contribution is -2.24. The van der Waals surface area contributed by atoms with E-state index in [1.165, 1.54) is 12.3 Å². The first kappa shape index (κ1) is 25.1. The number of carbonyl (C=O) groups is 1. The van der Waals surface area contributed by atoms with E-state index in [4.69, 9.17) is 4.42 Å². The molecule has 1 amide bonds. The molecule has 0 aliphatic rings. The number of pyridine rings is 1. The predicted octanol–water partition coefficient (Wildman–Crippen LogP) is 5.53. The second-order valence-corrected chi connectivity index (χ2v) is 8.43. The van der Waals surface area contributed by atoms with E-state index in [1.807, 2.05) is 36.1 Å². The quantitative estimate of drug-likeness (QED) is 0.331. The molecule has 0 aliphatic carbocycles. The number of carbonyl (C=O) groups excluding carboxylic acids is 1. The lowest BCUT2D eigenvalue weighted by Gasteiger charge is -2.22. The van der Waals surface area contributed by atoms with Crippen LogP contribution in [0.15, 0.2) is 83.7 Å². The minimum Gasteiger partial charge on any atom is -0.447 e. The molecular formula is C27H25F3N4O2. The Morgan fingerprint density at radius 3 is 2.50 bits per heavy atom. The van der Waals surface area contributed by atoms with Gasteiger partial charge in [-0.2, -0.15) is 13.2 Å². The Morgan fingerprint density at radius 2 is 1.75 bits per heavy atom. The number of hydrogen-bond donors (Lipinski definition) is 1. The number of nitrogens with zero attached hydrogens (tertiary/aromatic N) is 3. The zero-order chi connectivity index (χ0) is 25.5. The largest absolute Gasteiger partial charge is 0.447 e. The number of aryl methyl sites for hydroxylation is 1. The summed E-state index contributed by atoms with van der Waals surface area (Å²) in [6.45, 7) is 3.22. The van der Waals surface area contributed by atoms with E-state index >= 15 is 0 Å². The second-order valence-electron chi connectivity index (χ2n) is 8.43. The number of nitrogens with one attached hydrogen (secondary N) is 1. The molecule has 0 aliphatic heterocycles. The van der Waals surface area contributed by atoms with Gasteiger partial charge in [0.05, 0.1) is 12.1 Å². The van der Waals surface area contributed by atoms with E-state index in [2.05, 4.69) is 15.3 Å². The van der Waals surface area contributed by atoms with Crippen molar-refractivity contribution in [1.82, 2.24) is 20.2 Å². The predicted molar refractivity (Wildman–Crippen MR) is 127 cm³/mol. The molecule has 186 valence electrons. The Labute approximate surface area is 206 Å². The average Bonchev–Trinajstić information content (AvgIpc) is 3.33. The lowest BCUT2D eigenvalue weighted by molar-refractivity contribution is -0.137. The van der Waals surface area contributed by atoms with Crippen molar-refractivity contribution in [2.24, 2.45) is 0 Å². The van der Waals surface area contributed by atoms with Crippen molar-refractivity contribution >= 4 is 5.91 Å². The fourth-order valence-corrected chi connectivity index (χ4v) is 3.75. The molecule has 0 saturated heterocycles. The molecule has 4 rings (SSSR count). The summed E-state index contributed by atoms with van der Waals surface area (Å²) < 4.78 is 45.2. The summed E-state index contributed by atoms with van der Waals surface area (Å²) in [7, 11) is 0. The molecule has 9 heteroatoms. The molecule has 36 heavy (non-hydrogen) atoms. The fraction of sp³-hybridized carbons (Fsp3) is 0.222. The number of rotatable bonds is 9. The minimum absolute atomic E-state index is 0.133. The molecule has 0 spiro atoms. The number of aromatic nitrogens is 2. The minimum atomic E-state index is -4.42. The van der Waals surface area contributed by atoms with Crippen molar-refractivity contribution in [2.75, 3.05) is 0 Å². The van der Waals surface area contributed by atoms with E-state index in [0.717, 1.165) is 28.8 Å². The Kier molecular flexibility index (Phi) is 7.80. The molecule has 6 nitrogen and oxygen atoms in total. The van der Waals surface area contributed by atoms with Crippen molar-refractivity contribution in [3.05, 3.63) is 119 Å². The molecule has 1 N–H and O–H groups in total. The molecule has 0 atom stereocenters. The Hall–Kier alpha value is -3.98. The van der Waals surface area contributed by atoms with Crippen LogP contribution in [0.1, 0.15) is 44.2 Å². The van der Waals surface area contributed by atoms with E-state index in [-0.39, 0.29) is 24.7 Å². The third-order valence-electron chi connectivity index (χ3n) is 5.66. The maximum atomic E-state index is 13.2. The first-order valence-corrected chi connectivity index (χ1v) is 11.3. The standard InChI is InChI=1S/C27H25F3N4O2/c1-19-5-2-3-7-22(19)16-34(15-21-6-4-8-23(13-21)27(28,29)30)17-25-33-24(18-36-25)26(35)32-14-20-9-11-31-12-10-20/h2-13,18H,14-17H2,1H3,(H,32,35). The highest BCUT2D eigenvalue weighted by atomic mass is 19.4. The van der Waals surface area contributed by atoms with Crippen molar-refractivity contribution in [1.29, 1.82) is 0 Å². The van der Waals surface area contributed by atoms with Gasteiger partial charge in [-0.1, -0.05) is 42.5 Å². The highest BCUT2D eigenvalue weighted by Gasteiger charge is 2.30. The highest BCUT2D eigenvalue weighted by molar-refractivity contribution is 5.91. The van der Waals surface area contributed by atoms with Gasteiger partial charge in [0.25, 0.3) is 5.91 Å². The summed E-state index contributed by atoms with van der Waals surface area (Å²) in [6.07, 6.45) is 0.150. The highest BCUT2D eigenvalue weighted by Crippen LogP contribution is 2.30. The molecule has 0 saturated carbocycles. The monoisotopic (exact) mass is 494 g/mol. The van der Waals surface area contributed by atoms with Crippen molar-refractivity contribution in [3.63, 3.8) is 0 Å². The summed E-state index contributed by atoms with van der Waals surface area (Å²) in [5, 5.41) is 2.78. The van der Waals surface area contributed by atoms with Gasteiger partial charge in [0, 0.05) is 32.0 Å². The van der Waals surface area contributed by atoms with Gasteiger partial charge in [0.2, 0.25) is 5.89 Å². The Bertz CT molecular complexity index is 1310. The number of amides is 1. The van der Waals surface area contributed by atoms with Crippen LogP contribution in [0, 0.1) is 6.92 Å². The van der Waals surface area contributed by atoms with Crippen LogP contribution in [0.3, 0.4) is 0 Å². The molecule has 0 unspecified atom stereocenters. The Morgan fingerprint density at radius 1 is 0.972 bits per heavy atom. The number of halogens is 3.